The Morgan fingerprint density at radius 3 is 2.08 bits per heavy atom. The number of rotatable bonds is 5. The van der Waals surface area contributed by atoms with Gasteiger partial charge in [0, 0.05) is 28.9 Å². The minimum atomic E-state index is -0.177. The monoisotopic (exact) mass is 965 g/mol. The standard InChI is InChI=1S/C54H50N4O.Pt/c1-51(2,3)35-24-25-55-48(30-35)58-45-20-13-11-17-40(45)41-23-22-38(32-47(41)58)59-39-28-34(26-36(29-39)52(4,5)6)50-56-44-19-12-14-21-46(44)57(50)37-27-33-16-15-18-42-49(33)43(31-37)54(9,10)53(42,7)8;/h11-27,29-31H,1-10H3;/q-2;+2. The second kappa shape index (κ2) is 13.8. The van der Waals surface area contributed by atoms with Gasteiger partial charge in [-0.2, -0.15) is 6.07 Å². The van der Waals surface area contributed by atoms with Crippen molar-refractivity contribution in [3.8, 4) is 34.4 Å². The molecule has 0 unspecified atom stereocenters. The summed E-state index contributed by atoms with van der Waals surface area (Å²) in [5, 5.41) is 4.86. The Morgan fingerprint density at radius 1 is 0.600 bits per heavy atom. The molecule has 302 valence electrons. The molecule has 0 N–H and O–H groups in total. The number of ether oxygens (including phenoxy) is 1. The van der Waals surface area contributed by atoms with Crippen LogP contribution in [0.3, 0.4) is 0 Å². The van der Waals surface area contributed by atoms with Gasteiger partial charge in [0.05, 0.1) is 16.9 Å². The molecule has 60 heavy (non-hydrogen) atoms. The van der Waals surface area contributed by atoms with E-state index in [9.17, 15) is 0 Å². The molecule has 0 atom stereocenters. The molecule has 9 aromatic rings. The molecule has 0 spiro atoms. The Bertz CT molecular complexity index is 3170. The van der Waals surface area contributed by atoms with E-state index in [1.807, 2.05) is 12.3 Å². The average molecular weight is 966 g/mol. The molecule has 6 aromatic carbocycles. The fourth-order valence-corrected chi connectivity index (χ4v) is 9.15. The van der Waals surface area contributed by atoms with Crippen molar-refractivity contribution in [1.29, 1.82) is 0 Å². The van der Waals surface area contributed by atoms with Gasteiger partial charge in [0.1, 0.15) is 5.82 Å². The van der Waals surface area contributed by atoms with Gasteiger partial charge in [-0.05, 0) is 97.0 Å². The molecule has 0 radical (unpaired) electrons. The summed E-state index contributed by atoms with van der Waals surface area (Å²) in [6.45, 7) is 22.9. The van der Waals surface area contributed by atoms with Crippen LogP contribution >= 0.6 is 0 Å². The summed E-state index contributed by atoms with van der Waals surface area (Å²) in [5.41, 5.74) is 10.8. The predicted octanol–water partition coefficient (Wildman–Crippen LogP) is 13.9. The summed E-state index contributed by atoms with van der Waals surface area (Å²) in [6, 6.07) is 48.6. The van der Waals surface area contributed by atoms with Gasteiger partial charge < -0.3 is 13.9 Å². The van der Waals surface area contributed by atoms with Gasteiger partial charge in [-0.15, -0.1) is 34.7 Å². The Morgan fingerprint density at radius 2 is 1.32 bits per heavy atom. The topological polar surface area (TPSA) is 44.9 Å². The maximum Gasteiger partial charge on any atom is 2.00 e. The van der Waals surface area contributed by atoms with E-state index in [0.717, 1.165) is 61.3 Å². The summed E-state index contributed by atoms with van der Waals surface area (Å²) >= 11 is 0. The summed E-state index contributed by atoms with van der Waals surface area (Å²) in [6.07, 6.45) is 1.91. The molecule has 0 saturated heterocycles. The van der Waals surface area contributed by atoms with Crippen LogP contribution in [0.25, 0.3) is 66.5 Å². The predicted molar refractivity (Wildman–Crippen MR) is 244 cm³/mol. The van der Waals surface area contributed by atoms with Crippen molar-refractivity contribution >= 4 is 43.6 Å². The van der Waals surface area contributed by atoms with Crippen molar-refractivity contribution in [3.05, 3.63) is 156 Å². The van der Waals surface area contributed by atoms with E-state index in [1.165, 1.54) is 27.5 Å². The number of fused-ring (bicyclic) bond motifs is 4. The molecule has 1 aliphatic carbocycles. The molecule has 3 heterocycles. The van der Waals surface area contributed by atoms with E-state index in [0.29, 0.717) is 11.5 Å². The van der Waals surface area contributed by atoms with Crippen molar-refractivity contribution in [2.24, 2.45) is 0 Å². The summed E-state index contributed by atoms with van der Waals surface area (Å²) in [4.78, 5) is 10.2. The van der Waals surface area contributed by atoms with Crippen LogP contribution in [0.4, 0.5) is 0 Å². The second-order valence-electron chi connectivity index (χ2n) is 19.5. The van der Waals surface area contributed by atoms with Crippen LogP contribution in [0.15, 0.2) is 121 Å². The summed E-state index contributed by atoms with van der Waals surface area (Å²) < 4.78 is 11.4. The smallest absolute Gasteiger partial charge is 0.503 e. The van der Waals surface area contributed by atoms with Gasteiger partial charge in [-0.25, -0.2) is 4.98 Å². The van der Waals surface area contributed by atoms with Crippen molar-refractivity contribution in [2.75, 3.05) is 0 Å². The van der Waals surface area contributed by atoms with Crippen LogP contribution in [0.5, 0.6) is 11.5 Å². The van der Waals surface area contributed by atoms with E-state index in [1.54, 1.807) is 0 Å². The van der Waals surface area contributed by atoms with Crippen LogP contribution in [-0.4, -0.2) is 19.1 Å². The number of aromatic nitrogens is 4. The molecule has 0 saturated carbocycles. The third kappa shape index (κ3) is 6.14. The normalized spacial score (nSPS) is 14.6. The molecule has 0 bridgehead atoms. The Kier molecular flexibility index (Phi) is 9.16. The van der Waals surface area contributed by atoms with Gasteiger partial charge in [0.15, 0.2) is 0 Å². The zero-order chi connectivity index (χ0) is 41.2. The van der Waals surface area contributed by atoms with Crippen molar-refractivity contribution < 1.29 is 25.8 Å². The van der Waals surface area contributed by atoms with Crippen LogP contribution in [0.1, 0.15) is 91.5 Å². The third-order valence-electron chi connectivity index (χ3n) is 13.3. The first-order valence-electron chi connectivity index (χ1n) is 20.7. The largest absolute Gasteiger partial charge is 2.00 e. The molecule has 0 aliphatic heterocycles. The van der Waals surface area contributed by atoms with Gasteiger partial charge in [0.2, 0.25) is 0 Å². The summed E-state index contributed by atoms with van der Waals surface area (Å²) in [7, 11) is 0. The first-order valence-corrected chi connectivity index (χ1v) is 20.7. The van der Waals surface area contributed by atoms with Gasteiger partial charge in [0.25, 0.3) is 0 Å². The van der Waals surface area contributed by atoms with Crippen LogP contribution in [0.2, 0.25) is 0 Å². The first-order chi connectivity index (χ1) is 28.0. The number of hydrogen-bond donors (Lipinski definition) is 0. The Hall–Kier alpha value is -5.51. The van der Waals surface area contributed by atoms with Crippen molar-refractivity contribution in [2.45, 2.75) is 90.9 Å². The molecular weight excluding hydrogens is 916 g/mol. The van der Waals surface area contributed by atoms with E-state index in [-0.39, 0.29) is 42.7 Å². The van der Waals surface area contributed by atoms with Gasteiger partial charge in [-0.1, -0.05) is 135 Å². The number of para-hydroxylation sites is 3. The number of imidazole rings is 1. The average Bonchev–Trinajstić information content (AvgIpc) is 3.80. The van der Waals surface area contributed by atoms with Gasteiger partial charge >= 0.3 is 21.1 Å². The Balaban J connectivity index is 0.00000462. The number of benzene rings is 6. The maximum absolute atomic E-state index is 6.84. The zero-order valence-corrected chi connectivity index (χ0v) is 38.3. The van der Waals surface area contributed by atoms with E-state index < -0.39 is 0 Å². The van der Waals surface area contributed by atoms with Crippen molar-refractivity contribution in [1.82, 2.24) is 19.1 Å². The maximum atomic E-state index is 6.84. The van der Waals surface area contributed by atoms with E-state index in [2.05, 4.69) is 200 Å². The molecule has 0 fully saturated rings. The molecule has 0 amide bonds. The fourth-order valence-electron chi connectivity index (χ4n) is 9.15. The molecule has 5 nitrogen and oxygen atoms in total. The van der Waals surface area contributed by atoms with Crippen LogP contribution < -0.4 is 4.74 Å². The molecule has 3 aromatic heterocycles. The molecule has 6 heteroatoms. The third-order valence-corrected chi connectivity index (χ3v) is 13.3. The quantitative estimate of drug-likeness (QED) is 0.161. The summed E-state index contributed by atoms with van der Waals surface area (Å²) in [5.74, 6) is 2.90. The Labute approximate surface area is 367 Å². The molecule has 10 rings (SSSR count). The number of pyridine rings is 1. The van der Waals surface area contributed by atoms with E-state index >= 15 is 0 Å². The first kappa shape index (κ1) is 39.9. The molecular formula is C54H50N4OPt. The fraction of sp³-hybridized carbons (Fsp3) is 0.259. The minimum Gasteiger partial charge on any atom is -0.503 e. The molecule has 1 aliphatic rings. The number of nitrogens with zero attached hydrogens (tertiary/aromatic N) is 4. The SMILES string of the molecule is CC(C)(C)c1cc(Oc2[c-]c3c(cc2)c2ccccc2n3-c2cc(C(C)(C)C)ccn2)[c-]c(-c2nc3ccccc3n2-c2cc3c4c(cccc4c2)C(C)(C)C3(C)C)c1.[Pt+2]. The van der Waals surface area contributed by atoms with Crippen LogP contribution in [-0.2, 0) is 42.7 Å². The van der Waals surface area contributed by atoms with Crippen LogP contribution in [0, 0.1) is 12.1 Å². The minimum absolute atomic E-state index is 0. The number of hydrogen-bond acceptors (Lipinski definition) is 3. The van der Waals surface area contributed by atoms with E-state index in [4.69, 9.17) is 14.7 Å². The van der Waals surface area contributed by atoms with Gasteiger partial charge in [-0.3, -0.25) is 4.98 Å². The van der Waals surface area contributed by atoms with Crippen molar-refractivity contribution in [3.63, 3.8) is 0 Å². The zero-order valence-electron chi connectivity index (χ0n) is 36.1. The second-order valence-corrected chi connectivity index (χ2v) is 19.5.